The summed E-state index contributed by atoms with van der Waals surface area (Å²) in [6.07, 6.45) is 0.845. The fourth-order valence-corrected chi connectivity index (χ4v) is 3.98. The lowest BCUT2D eigenvalue weighted by Gasteiger charge is -2.27. The van der Waals surface area contributed by atoms with Gasteiger partial charge >= 0.3 is 0 Å². The van der Waals surface area contributed by atoms with Crippen LogP contribution < -0.4 is 14.2 Å². The number of benzene rings is 2. The summed E-state index contributed by atoms with van der Waals surface area (Å²) in [4.78, 5) is 29.7. The van der Waals surface area contributed by atoms with Crippen LogP contribution >= 0.6 is 0 Å². The van der Waals surface area contributed by atoms with E-state index in [0.29, 0.717) is 54.7 Å². The molecular formula is C27H34N2O6. The molecule has 1 aliphatic heterocycles. The van der Waals surface area contributed by atoms with Gasteiger partial charge in [0.25, 0.3) is 11.7 Å². The first-order valence-electron chi connectivity index (χ1n) is 11.8. The molecule has 8 nitrogen and oxygen atoms in total. The molecule has 35 heavy (non-hydrogen) atoms. The monoisotopic (exact) mass is 482 g/mol. The highest BCUT2D eigenvalue weighted by Gasteiger charge is 2.46. The van der Waals surface area contributed by atoms with E-state index in [1.54, 1.807) is 49.6 Å². The van der Waals surface area contributed by atoms with E-state index >= 15 is 0 Å². The molecule has 0 aromatic heterocycles. The number of ketones is 1. The van der Waals surface area contributed by atoms with Crippen LogP contribution in [0, 0.1) is 0 Å². The number of nitrogens with zero attached hydrogens (tertiary/aromatic N) is 2. The van der Waals surface area contributed by atoms with Gasteiger partial charge in [0.1, 0.15) is 11.5 Å². The van der Waals surface area contributed by atoms with E-state index in [1.807, 2.05) is 32.8 Å². The maximum Gasteiger partial charge on any atom is 0.295 e. The number of ether oxygens (including phenoxy) is 3. The third kappa shape index (κ3) is 5.77. The van der Waals surface area contributed by atoms with Crippen LogP contribution in [-0.4, -0.2) is 74.1 Å². The molecule has 2 aromatic rings. The number of aliphatic hydroxyl groups excluding tert-OH is 1. The molecule has 0 aliphatic carbocycles. The number of likely N-dealkylation sites (tertiary alicyclic amines) is 1. The van der Waals surface area contributed by atoms with Crippen molar-refractivity contribution in [2.45, 2.75) is 26.3 Å². The molecule has 0 bridgehead atoms. The van der Waals surface area contributed by atoms with Crippen LogP contribution in [0.3, 0.4) is 0 Å². The largest absolute Gasteiger partial charge is 0.507 e. The van der Waals surface area contributed by atoms with Gasteiger partial charge in [0, 0.05) is 18.7 Å². The fraction of sp³-hybridized carbons (Fsp3) is 0.407. The van der Waals surface area contributed by atoms with Gasteiger partial charge in [0.05, 0.1) is 31.9 Å². The number of hydrogen-bond donors (Lipinski definition) is 1. The van der Waals surface area contributed by atoms with E-state index < -0.39 is 17.7 Å². The molecular weight excluding hydrogens is 448 g/mol. The highest BCUT2D eigenvalue weighted by molar-refractivity contribution is 6.46. The summed E-state index contributed by atoms with van der Waals surface area (Å²) in [5, 5.41) is 11.2. The molecule has 1 fully saturated rings. The molecule has 0 spiro atoms. The van der Waals surface area contributed by atoms with Gasteiger partial charge in [0.15, 0.2) is 11.5 Å². The first-order chi connectivity index (χ1) is 16.8. The molecule has 3 rings (SSSR count). The molecule has 0 radical (unpaired) electrons. The number of amides is 1. The van der Waals surface area contributed by atoms with Crippen molar-refractivity contribution in [3.05, 3.63) is 59.2 Å². The zero-order valence-electron chi connectivity index (χ0n) is 21.0. The van der Waals surface area contributed by atoms with Gasteiger partial charge in [-0.2, -0.15) is 0 Å². The number of methoxy groups -OCH3 is 1. The van der Waals surface area contributed by atoms with Crippen LogP contribution in [0.25, 0.3) is 5.76 Å². The molecule has 1 N–H and O–H groups in total. The fourth-order valence-electron chi connectivity index (χ4n) is 3.98. The summed E-state index contributed by atoms with van der Waals surface area (Å²) in [7, 11) is 5.34. The lowest BCUT2D eigenvalue weighted by molar-refractivity contribution is -0.140. The SMILES string of the molecule is CCCOc1ccc(C2C(=C(O)c3ccc(OCC)cc3)C(=O)C(=O)N2CCN(C)C)cc1OC. The Labute approximate surface area is 206 Å². The molecule has 2 aromatic carbocycles. The quantitative estimate of drug-likeness (QED) is 0.296. The van der Waals surface area contributed by atoms with Crippen molar-refractivity contribution in [2.75, 3.05) is 47.5 Å². The summed E-state index contributed by atoms with van der Waals surface area (Å²) in [5.74, 6) is 0.138. The second-order valence-electron chi connectivity index (χ2n) is 8.51. The van der Waals surface area contributed by atoms with Crippen LogP contribution in [-0.2, 0) is 9.59 Å². The molecule has 1 amide bonds. The zero-order chi connectivity index (χ0) is 25.5. The van der Waals surface area contributed by atoms with Crippen molar-refractivity contribution in [1.82, 2.24) is 9.80 Å². The van der Waals surface area contributed by atoms with Crippen molar-refractivity contribution in [1.29, 1.82) is 0 Å². The molecule has 0 saturated carbocycles. The minimum Gasteiger partial charge on any atom is -0.507 e. The number of Topliss-reactive ketones (excluding diaryl/α,β-unsaturated/α-hetero) is 1. The molecule has 8 heteroatoms. The third-order valence-corrected chi connectivity index (χ3v) is 5.73. The normalized spacial score (nSPS) is 17.2. The van der Waals surface area contributed by atoms with Crippen LogP contribution in [0.4, 0.5) is 0 Å². The molecule has 1 saturated heterocycles. The van der Waals surface area contributed by atoms with Crippen molar-refractivity contribution in [3.8, 4) is 17.2 Å². The summed E-state index contributed by atoms with van der Waals surface area (Å²) in [6.45, 7) is 5.83. The minimum absolute atomic E-state index is 0.0437. The lowest BCUT2D eigenvalue weighted by atomic mass is 9.95. The van der Waals surface area contributed by atoms with E-state index in [9.17, 15) is 14.7 Å². The van der Waals surface area contributed by atoms with Crippen molar-refractivity contribution in [3.63, 3.8) is 0 Å². The maximum atomic E-state index is 13.2. The van der Waals surface area contributed by atoms with Crippen LogP contribution in [0.2, 0.25) is 0 Å². The highest BCUT2D eigenvalue weighted by atomic mass is 16.5. The second kappa shape index (κ2) is 11.8. The Bertz CT molecular complexity index is 1080. The Kier molecular flexibility index (Phi) is 8.76. The third-order valence-electron chi connectivity index (χ3n) is 5.73. The van der Waals surface area contributed by atoms with Gasteiger partial charge < -0.3 is 29.1 Å². The molecule has 188 valence electrons. The minimum atomic E-state index is -0.768. The maximum absolute atomic E-state index is 13.2. The summed E-state index contributed by atoms with van der Waals surface area (Å²) >= 11 is 0. The van der Waals surface area contributed by atoms with Gasteiger partial charge in [-0.15, -0.1) is 0 Å². The summed E-state index contributed by atoms with van der Waals surface area (Å²) in [6, 6.07) is 11.4. The Morgan fingerprint density at radius 3 is 2.34 bits per heavy atom. The first kappa shape index (κ1) is 26.1. The van der Waals surface area contributed by atoms with E-state index in [2.05, 4.69) is 0 Å². The molecule has 1 aliphatic rings. The Hall–Kier alpha value is -3.52. The number of carbonyl (C=O) groups is 2. The lowest BCUT2D eigenvalue weighted by Crippen LogP contribution is -2.35. The number of carbonyl (C=O) groups excluding carboxylic acids is 2. The predicted molar refractivity (Wildman–Crippen MR) is 134 cm³/mol. The average Bonchev–Trinajstić information content (AvgIpc) is 3.11. The van der Waals surface area contributed by atoms with Gasteiger partial charge in [0.2, 0.25) is 0 Å². The van der Waals surface area contributed by atoms with Gasteiger partial charge in [-0.3, -0.25) is 9.59 Å². The first-order valence-corrected chi connectivity index (χ1v) is 11.8. The van der Waals surface area contributed by atoms with Crippen LogP contribution in [0.15, 0.2) is 48.0 Å². The van der Waals surface area contributed by atoms with E-state index in [1.165, 1.54) is 4.90 Å². The topological polar surface area (TPSA) is 88.5 Å². The number of hydrogen-bond acceptors (Lipinski definition) is 7. The van der Waals surface area contributed by atoms with Crippen LogP contribution in [0.1, 0.15) is 37.4 Å². The highest BCUT2D eigenvalue weighted by Crippen LogP contribution is 2.42. The predicted octanol–water partition coefficient (Wildman–Crippen LogP) is 3.87. The molecule has 1 heterocycles. The van der Waals surface area contributed by atoms with Crippen molar-refractivity contribution >= 4 is 17.4 Å². The summed E-state index contributed by atoms with van der Waals surface area (Å²) < 4.78 is 16.8. The average molecular weight is 483 g/mol. The van der Waals surface area contributed by atoms with Crippen molar-refractivity contribution < 1.29 is 28.9 Å². The van der Waals surface area contributed by atoms with E-state index in [0.717, 1.165) is 6.42 Å². The smallest absolute Gasteiger partial charge is 0.295 e. The Morgan fingerprint density at radius 2 is 1.74 bits per heavy atom. The standard InChI is InChI=1S/C27H34N2O6/c1-6-16-35-21-13-10-19(17-22(21)33-5)24-23(26(31)27(32)29(24)15-14-28(3)4)25(30)18-8-11-20(12-9-18)34-7-2/h8-13,17,24,30H,6-7,14-16H2,1-5H3. The molecule has 1 unspecified atom stereocenters. The number of aliphatic hydroxyl groups is 1. The van der Waals surface area contributed by atoms with E-state index in [4.69, 9.17) is 14.2 Å². The zero-order valence-corrected chi connectivity index (χ0v) is 21.0. The Balaban J connectivity index is 2.11. The number of rotatable bonds is 11. The Morgan fingerprint density at radius 1 is 1.03 bits per heavy atom. The van der Waals surface area contributed by atoms with Gasteiger partial charge in [-0.25, -0.2) is 0 Å². The van der Waals surface area contributed by atoms with Crippen molar-refractivity contribution in [2.24, 2.45) is 0 Å². The van der Waals surface area contributed by atoms with E-state index in [-0.39, 0.29) is 11.3 Å². The second-order valence-corrected chi connectivity index (χ2v) is 8.51. The molecule has 1 atom stereocenters. The van der Waals surface area contributed by atoms with Gasteiger partial charge in [-0.1, -0.05) is 13.0 Å². The number of likely N-dealkylation sites (N-methyl/N-ethyl adjacent to an activating group) is 1. The summed E-state index contributed by atoms with van der Waals surface area (Å²) in [5.41, 5.74) is 1.12. The van der Waals surface area contributed by atoms with Gasteiger partial charge in [-0.05, 0) is 69.4 Å². The van der Waals surface area contributed by atoms with Crippen LogP contribution in [0.5, 0.6) is 17.2 Å².